The Kier molecular flexibility index (Phi) is 4.57. The van der Waals surface area contributed by atoms with Crippen LogP contribution in [0.25, 0.3) is 0 Å². The average Bonchev–Trinajstić information content (AvgIpc) is 2.79. The molecule has 0 heterocycles. The number of halogens is 2. The van der Waals surface area contributed by atoms with Gasteiger partial charge in [0.15, 0.2) is 22.7 Å². The summed E-state index contributed by atoms with van der Waals surface area (Å²) in [5.74, 6) is -1.95. The smallest absolute Gasteiger partial charge is 0.326 e. The van der Waals surface area contributed by atoms with Crippen molar-refractivity contribution in [1.29, 1.82) is 0 Å². The van der Waals surface area contributed by atoms with Crippen molar-refractivity contribution in [3.05, 3.63) is 23.3 Å². The molecule has 0 aliphatic heterocycles. The van der Waals surface area contributed by atoms with E-state index in [4.69, 9.17) is 14.2 Å². The summed E-state index contributed by atoms with van der Waals surface area (Å²) in [6, 6.07) is 3.00. The van der Waals surface area contributed by atoms with Gasteiger partial charge in [-0.1, -0.05) is 6.07 Å². The molecule has 0 saturated carbocycles. The van der Waals surface area contributed by atoms with Gasteiger partial charge in [-0.05, 0) is 32.4 Å². The van der Waals surface area contributed by atoms with Crippen LogP contribution in [0.15, 0.2) is 12.1 Å². The van der Waals surface area contributed by atoms with Gasteiger partial charge in [0.1, 0.15) is 5.60 Å². The Balaban J connectivity index is 2.59. The van der Waals surface area contributed by atoms with Gasteiger partial charge in [-0.25, -0.2) is 8.78 Å². The first kappa shape index (κ1) is 18.2. The summed E-state index contributed by atoms with van der Waals surface area (Å²) in [5, 5.41) is 0. The van der Waals surface area contributed by atoms with Crippen molar-refractivity contribution < 1.29 is 32.6 Å². The molecule has 0 bridgehead atoms. The van der Waals surface area contributed by atoms with Gasteiger partial charge in [0.25, 0.3) is 6.43 Å². The molecule has 0 radical (unpaired) electrons. The van der Waals surface area contributed by atoms with E-state index in [1.165, 1.54) is 26.4 Å². The molecule has 1 aromatic rings. The molecular formula is C17H20F2O5. The molecule has 0 amide bonds. The van der Waals surface area contributed by atoms with E-state index in [9.17, 15) is 18.4 Å². The average molecular weight is 342 g/mol. The largest absolute Gasteiger partial charge is 0.493 e. The molecule has 24 heavy (non-hydrogen) atoms. The number of hydrogen-bond donors (Lipinski definition) is 0. The molecule has 1 aliphatic rings. The van der Waals surface area contributed by atoms with Gasteiger partial charge in [0, 0.05) is 6.42 Å². The number of alkyl halides is 2. The topological polar surface area (TPSA) is 61.8 Å². The fraction of sp³-hybridized carbons (Fsp3) is 0.529. The first-order chi connectivity index (χ1) is 11.1. The van der Waals surface area contributed by atoms with Crippen LogP contribution in [0, 0.1) is 5.41 Å². The van der Waals surface area contributed by atoms with Crippen LogP contribution in [0.1, 0.15) is 36.7 Å². The lowest BCUT2D eigenvalue weighted by atomic mass is 9.83. The Hall–Kier alpha value is -2.18. The number of carbonyl (C=O) groups excluding carboxylic acids is 2. The number of ether oxygens (including phenoxy) is 3. The Morgan fingerprint density at radius 3 is 2.29 bits per heavy atom. The molecule has 0 aromatic heterocycles. The van der Waals surface area contributed by atoms with E-state index in [0.717, 1.165) is 0 Å². The summed E-state index contributed by atoms with van der Waals surface area (Å²) < 4.78 is 43.1. The van der Waals surface area contributed by atoms with Crippen molar-refractivity contribution >= 4 is 11.8 Å². The molecule has 0 saturated heterocycles. The van der Waals surface area contributed by atoms with Crippen LogP contribution < -0.4 is 9.47 Å². The van der Waals surface area contributed by atoms with Crippen molar-refractivity contribution in [1.82, 2.24) is 0 Å². The molecule has 7 heteroatoms. The van der Waals surface area contributed by atoms with Gasteiger partial charge in [-0.15, -0.1) is 0 Å². The molecule has 2 rings (SSSR count). The second-order valence-electron chi connectivity index (χ2n) is 6.62. The molecular weight excluding hydrogens is 322 g/mol. The molecule has 1 unspecified atom stereocenters. The van der Waals surface area contributed by atoms with Crippen LogP contribution in [0.2, 0.25) is 0 Å². The zero-order chi connectivity index (χ0) is 18.3. The quantitative estimate of drug-likeness (QED) is 0.622. The minimum absolute atomic E-state index is 0.0473. The highest BCUT2D eigenvalue weighted by molar-refractivity contribution is 6.18. The number of benzene rings is 1. The fourth-order valence-corrected chi connectivity index (χ4v) is 2.77. The summed E-state index contributed by atoms with van der Waals surface area (Å²) >= 11 is 0. The molecule has 0 spiro atoms. The summed E-state index contributed by atoms with van der Waals surface area (Å²) in [7, 11) is 2.68. The number of fused-ring (bicyclic) bond motifs is 1. The van der Waals surface area contributed by atoms with Gasteiger partial charge < -0.3 is 14.2 Å². The van der Waals surface area contributed by atoms with Crippen molar-refractivity contribution in [2.45, 2.75) is 39.2 Å². The van der Waals surface area contributed by atoms with Crippen LogP contribution in [-0.2, 0) is 16.0 Å². The van der Waals surface area contributed by atoms with Gasteiger partial charge >= 0.3 is 5.97 Å². The SMILES string of the molecule is COc1ccc2c(c1OC)C(=O)C(C(=O)OC(C)(C)C)(C(F)F)C2. The maximum absolute atomic E-state index is 13.9. The lowest BCUT2D eigenvalue weighted by Gasteiger charge is -2.29. The summed E-state index contributed by atoms with van der Waals surface area (Å²) in [5.41, 5.74) is -3.29. The standard InChI is InChI=1S/C17H20F2O5/c1-16(2,3)24-15(21)17(14(18)19)8-9-6-7-10(22-4)12(23-5)11(9)13(17)20/h6-7,14H,8H2,1-5H3. The monoisotopic (exact) mass is 342 g/mol. The van der Waals surface area contributed by atoms with Gasteiger partial charge in [0.2, 0.25) is 0 Å². The van der Waals surface area contributed by atoms with E-state index in [1.54, 1.807) is 20.8 Å². The van der Waals surface area contributed by atoms with E-state index in [0.29, 0.717) is 5.56 Å². The maximum Gasteiger partial charge on any atom is 0.326 e. The molecule has 0 fully saturated rings. The van der Waals surface area contributed by atoms with Gasteiger partial charge in [-0.2, -0.15) is 0 Å². The lowest BCUT2D eigenvalue weighted by Crippen LogP contribution is -2.47. The number of Topliss-reactive ketones (excluding diaryl/α,β-unsaturated/α-hetero) is 1. The highest BCUT2D eigenvalue weighted by Crippen LogP contribution is 2.48. The van der Waals surface area contributed by atoms with Crippen LogP contribution in [0.4, 0.5) is 8.78 Å². The third kappa shape index (κ3) is 2.72. The van der Waals surface area contributed by atoms with Crippen LogP contribution in [-0.4, -0.2) is 38.0 Å². The number of carbonyl (C=O) groups is 2. The van der Waals surface area contributed by atoms with E-state index in [-0.39, 0.29) is 17.1 Å². The maximum atomic E-state index is 13.9. The van der Waals surface area contributed by atoms with Gasteiger partial charge in [-0.3, -0.25) is 9.59 Å². The Labute approximate surface area is 138 Å². The van der Waals surface area contributed by atoms with E-state index < -0.39 is 35.6 Å². The van der Waals surface area contributed by atoms with Crippen LogP contribution in [0.5, 0.6) is 11.5 Å². The van der Waals surface area contributed by atoms with Crippen molar-refractivity contribution in [3.8, 4) is 11.5 Å². The normalized spacial score (nSPS) is 20.1. The van der Waals surface area contributed by atoms with Crippen molar-refractivity contribution in [2.24, 2.45) is 5.41 Å². The summed E-state index contributed by atoms with van der Waals surface area (Å²) in [4.78, 5) is 25.3. The van der Waals surface area contributed by atoms with Crippen LogP contribution in [0.3, 0.4) is 0 Å². The summed E-state index contributed by atoms with van der Waals surface area (Å²) in [6.07, 6.45) is -3.64. The molecule has 1 aliphatic carbocycles. The lowest BCUT2D eigenvalue weighted by molar-refractivity contribution is -0.171. The second kappa shape index (κ2) is 6.03. The van der Waals surface area contributed by atoms with Crippen LogP contribution >= 0.6 is 0 Å². The van der Waals surface area contributed by atoms with Crippen molar-refractivity contribution in [2.75, 3.05) is 14.2 Å². The number of ketones is 1. The highest BCUT2D eigenvalue weighted by Gasteiger charge is 2.61. The second-order valence-corrected chi connectivity index (χ2v) is 6.62. The minimum Gasteiger partial charge on any atom is -0.493 e. The molecule has 0 N–H and O–H groups in total. The molecule has 1 atom stereocenters. The van der Waals surface area contributed by atoms with E-state index in [2.05, 4.69) is 0 Å². The minimum atomic E-state index is -3.21. The number of rotatable bonds is 4. The predicted molar refractivity (Wildman–Crippen MR) is 81.9 cm³/mol. The highest BCUT2D eigenvalue weighted by atomic mass is 19.3. The predicted octanol–water partition coefficient (Wildman–Crippen LogP) is 3.04. The number of hydrogen-bond acceptors (Lipinski definition) is 5. The molecule has 5 nitrogen and oxygen atoms in total. The van der Waals surface area contributed by atoms with E-state index in [1.807, 2.05) is 0 Å². The third-order valence-electron chi connectivity index (χ3n) is 3.87. The van der Waals surface area contributed by atoms with Gasteiger partial charge in [0.05, 0.1) is 19.8 Å². The first-order valence-corrected chi connectivity index (χ1v) is 7.38. The summed E-state index contributed by atoms with van der Waals surface area (Å²) in [6.45, 7) is 4.67. The molecule has 1 aromatic carbocycles. The first-order valence-electron chi connectivity index (χ1n) is 7.38. The Bertz CT molecular complexity index is 678. The third-order valence-corrected chi connectivity index (χ3v) is 3.87. The zero-order valence-electron chi connectivity index (χ0n) is 14.2. The Morgan fingerprint density at radius 1 is 1.21 bits per heavy atom. The molecule has 132 valence electrons. The fourth-order valence-electron chi connectivity index (χ4n) is 2.77. The Morgan fingerprint density at radius 2 is 1.83 bits per heavy atom. The zero-order valence-corrected chi connectivity index (χ0v) is 14.2. The number of esters is 1. The van der Waals surface area contributed by atoms with Crippen molar-refractivity contribution in [3.63, 3.8) is 0 Å². The van der Waals surface area contributed by atoms with E-state index >= 15 is 0 Å². The number of methoxy groups -OCH3 is 2.